The number of carboxylic acid groups (broad SMARTS) is 1. The fraction of sp³-hybridized carbons (Fsp3) is 0.500. The standard InChI is InChI=1S/C16H18ClN5O2/c1-21(16(23)24)11-6-9-2-3-10(7-11)22(9)14-8-18-15-12(19-14)4-5-13(17)20-15/h4-5,8-11H,2-3,6-7H2,1H3,(H,23,24)/t9-,10+,11-. The summed E-state index contributed by atoms with van der Waals surface area (Å²) < 4.78 is 0. The third-order valence-corrected chi connectivity index (χ3v) is 5.39. The monoisotopic (exact) mass is 347 g/mol. The normalized spacial score (nSPS) is 25.9. The number of piperidine rings is 1. The van der Waals surface area contributed by atoms with Crippen molar-refractivity contribution in [2.45, 2.75) is 43.8 Å². The van der Waals surface area contributed by atoms with E-state index in [-0.39, 0.29) is 6.04 Å². The average Bonchev–Trinajstić information content (AvgIpc) is 2.83. The second-order valence-electron chi connectivity index (χ2n) is 6.52. The predicted octanol–water partition coefficient (Wildman–Crippen LogP) is 2.79. The summed E-state index contributed by atoms with van der Waals surface area (Å²) in [6.07, 6.45) is 4.68. The first-order valence-electron chi connectivity index (χ1n) is 8.06. The van der Waals surface area contributed by atoms with Gasteiger partial charge in [-0.15, -0.1) is 0 Å². The maximum absolute atomic E-state index is 11.2. The van der Waals surface area contributed by atoms with Crippen molar-refractivity contribution in [2.24, 2.45) is 0 Å². The summed E-state index contributed by atoms with van der Waals surface area (Å²) in [4.78, 5) is 28.2. The van der Waals surface area contributed by atoms with Crippen LogP contribution >= 0.6 is 11.6 Å². The van der Waals surface area contributed by atoms with Crippen molar-refractivity contribution in [2.75, 3.05) is 11.9 Å². The minimum absolute atomic E-state index is 0.0742. The minimum Gasteiger partial charge on any atom is -0.465 e. The average molecular weight is 348 g/mol. The zero-order valence-electron chi connectivity index (χ0n) is 13.3. The number of fused-ring (bicyclic) bond motifs is 3. The molecule has 1 N–H and O–H groups in total. The number of halogens is 1. The molecular weight excluding hydrogens is 330 g/mol. The Morgan fingerprint density at radius 1 is 1.29 bits per heavy atom. The quantitative estimate of drug-likeness (QED) is 0.841. The molecule has 126 valence electrons. The molecular formula is C16H18ClN5O2. The highest BCUT2D eigenvalue weighted by molar-refractivity contribution is 6.29. The first kappa shape index (κ1) is 15.4. The van der Waals surface area contributed by atoms with Crippen LogP contribution in [0.25, 0.3) is 11.2 Å². The van der Waals surface area contributed by atoms with Gasteiger partial charge in [0, 0.05) is 25.2 Å². The number of hydrogen-bond donors (Lipinski definition) is 1. The maximum Gasteiger partial charge on any atom is 0.407 e. The van der Waals surface area contributed by atoms with E-state index in [9.17, 15) is 9.90 Å². The summed E-state index contributed by atoms with van der Waals surface area (Å²) in [6, 6.07) is 4.23. The molecule has 2 fully saturated rings. The summed E-state index contributed by atoms with van der Waals surface area (Å²) in [7, 11) is 1.66. The molecule has 0 aliphatic carbocycles. The molecule has 2 aromatic rings. The number of carbonyl (C=O) groups is 1. The van der Waals surface area contributed by atoms with Gasteiger partial charge in [-0.1, -0.05) is 11.6 Å². The van der Waals surface area contributed by atoms with Crippen LogP contribution in [0.15, 0.2) is 18.3 Å². The Kier molecular flexibility index (Phi) is 3.68. The third-order valence-electron chi connectivity index (χ3n) is 5.18. The summed E-state index contributed by atoms with van der Waals surface area (Å²) in [5.41, 5.74) is 1.26. The number of aromatic nitrogens is 3. The molecule has 24 heavy (non-hydrogen) atoms. The van der Waals surface area contributed by atoms with Gasteiger partial charge in [0.15, 0.2) is 5.65 Å². The summed E-state index contributed by atoms with van der Waals surface area (Å²) in [5, 5.41) is 9.63. The molecule has 0 saturated carbocycles. The zero-order chi connectivity index (χ0) is 16.8. The van der Waals surface area contributed by atoms with Gasteiger partial charge in [-0.25, -0.2) is 19.7 Å². The number of rotatable bonds is 2. The van der Waals surface area contributed by atoms with E-state index in [2.05, 4.69) is 14.9 Å². The maximum atomic E-state index is 11.2. The van der Waals surface area contributed by atoms with Crippen LogP contribution < -0.4 is 4.90 Å². The van der Waals surface area contributed by atoms with Gasteiger partial charge in [-0.2, -0.15) is 0 Å². The van der Waals surface area contributed by atoms with E-state index in [0.29, 0.717) is 22.9 Å². The SMILES string of the molecule is CN(C(=O)O)[C@@H]1C[C@H]2CC[C@@H](C1)N2c1cnc2nc(Cl)ccc2n1. The van der Waals surface area contributed by atoms with Crippen molar-refractivity contribution in [3.63, 3.8) is 0 Å². The lowest BCUT2D eigenvalue weighted by Gasteiger charge is -2.41. The molecule has 3 atom stereocenters. The van der Waals surface area contributed by atoms with Gasteiger partial charge in [0.05, 0.1) is 6.20 Å². The van der Waals surface area contributed by atoms with Crippen LogP contribution in [0, 0.1) is 0 Å². The van der Waals surface area contributed by atoms with Gasteiger partial charge in [0.2, 0.25) is 0 Å². The molecule has 2 aromatic heterocycles. The number of amides is 1. The topological polar surface area (TPSA) is 82.5 Å². The van der Waals surface area contributed by atoms with Crippen LogP contribution in [-0.2, 0) is 0 Å². The van der Waals surface area contributed by atoms with Crippen LogP contribution in [0.1, 0.15) is 25.7 Å². The van der Waals surface area contributed by atoms with E-state index in [0.717, 1.165) is 37.0 Å². The Labute approximate surface area is 144 Å². The van der Waals surface area contributed by atoms with Gasteiger partial charge in [-0.3, -0.25) is 0 Å². The first-order valence-corrected chi connectivity index (χ1v) is 8.44. The highest BCUT2D eigenvalue weighted by atomic mass is 35.5. The van der Waals surface area contributed by atoms with Gasteiger partial charge >= 0.3 is 6.09 Å². The molecule has 0 radical (unpaired) electrons. The summed E-state index contributed by atoms with van der Waals surface area (Å²) in [6.45, 7) is 0. The van der Waals surface area contributed by atoms with Gasteiger partial charge in [0.1, 0.15) is 16.5 Å². The largest absolute Gasteiger partial charge is 0.465 e. The van der Waals surface area contributed by atoms with Crippen molar-refractivity contribution in [3.05, 3.63) is 23.5 Å². The minimum atomic E-state index is -0.860. The molecule has 4 heterocycles. The lowest BCUT2D eigenvalue weighted by Crippen LogP contribution is -2.51. The molecule has 1 amide bonds. The summed E-state index contributed by atoms with van der Waals surface area (Å²) >= 11 is 5.89. The molecule has 0 unspecified atom stereocenters. The highest BCUT2D eigenvalue weighted by Crippen LogP contribution is 2.40. The molecule has 2 saturated heterocycles. The molecule has 8 heteroatoms. The number of hydrogen-bond acceptors (Lipinski definition) is 5. The van der Waals surface area contributed by atoms with Crippen molar-refractivity contribution in [1.82, 2.24) is 19.9 Å². The van der Waals surface area contributed by atoms with Crippen LogP contribution in [0.3, 0.4) is 0 Å². The molecule has 0 aromatic carbocycles. The molecule has 7 nitrogen and oxygen atoms in total. The second kappa shape index (κ2) is 5.73. The number of anilines is 1. The first-order chi connectivity index (χ1) is 11.5. The zero-order valence-corrected chi connectivity index (χ0v) is 14.0. The fourth-order valence-electron chi connectivity index (χ4n) is 3.99. The van der Waals surface area contributed by atoms with Crippen LogP contribution in [0.5, 0.6) is 0 Å². The summed E-state index contributed by atoms with van der Waals surface area (Å²) in [5.74, 6) is 0.843. The van der Waals surface area contributed by atoms with E-state index in [1.165, 1.54) is 4.90 Å². The van der Waals surface area contributed by atoms with Crippen molar-refractivity contribution >= 4 is 34.7 Å². The molecule has 2 aliphatic rings. The number of nitrogens with zero attached hydrogens (tertiary/aromatic N) is 5. The van der Waals surface area contributed by atoms with Gasteiger partial charge in [-0.05, 0) is 37.8 Å². The van der Waals surface area contributed by atoms with Crippen molar-refractivity contribution < 1.29 is 9.90 Å². The second-order valence-corrected chi connectivity index (χ2v) is 6.90. The van der Waals surface area contributed by atoms with Gasteiger partial charge < -0.3 is 14.9 Å². The fourth-order valence-corrected chi connectivity index (χ4v) is 4.13. The molecule has 2 bridgehead atoms. The lowest BCUT2D eigenvalue weighted by molar-refractivity contribution is 0.125. The molecule has 2 aliphatic heterocycles. The Balaban J connectivity index is 1.62. The Bertz CT molecular complexity index is 787. The van der Waals surface area contributed by atoms with Crippen LogP contribution in [-0.4, -0.2) is 56.2 Å². The van der Waals surface area contributed by atoms with Crippen molar-refractivity contribution in [3.8, 4) is 0 Å². The van der Waals surface area contributed by atoms with Crippen molar-refractivity contribution in [1.29, 1.82) is 0 Å². The Morgan fingerprint density at radius 2 is 2.00 bits per heavy atom. The molecule has 4 rings (SSSR count). The van der Waals surface area contributed by atoms with E-state index < -0.39 is 6.09 Å². The van der Waals surface area contributed by atoms with Crippen LogP contribution in [0.4, 0.5) is 10.6 Å². The van der Waals surface area contributed by atoms with E-state index >= 15 is 0 Å². The van der Waals surface area contributed by atoms with E-state index in [4.69, 9.17) is 16.6 Å². The molecule has 0 spiro atoms. The number of pyridine rings is 1. The van der Waals surface area contributed by atoms with Gasteiger partial charge in [0.25, 0.3) is 0 Å². The third kappa shape index (κ3) is 2.53. The smallest absolute Gasteiger partial charge is 0.407 e. The Morgan fingerprint density at radius 3 is 2.67 bits per heavy atom. The van der Waals surface area contributed by atoms with E-state index in [1.54, 1.807) is 19.3 Å². The lowest BCUT2D eigenvalue weighted by atomic mass is 9.96. The Hall–Kier alpha value is -2.15. The predicted molar refractivity (Wildman–Crippen MR) is 90.4 cm³/mol. The van der Waals surface area contributed by atoms with Crippen LogP contribution in [0.2, 0.25) is 5.15 Å². The van der Waals surface area contributed by atoms with E-state index in [1.807, 2.05) is 6.07 Å². The highest BCUT2D eigenvalue weighted by Gasteiger charge is 2.43.